The van der Waals surface area contributed by atoms with E-state index in [-0.39, 0.29) is 0 Å². The van der Waals surface area contributed by atoms with Gasteiger partial charge in [0.05, 0.1) is 14.2 Å². The average Bonchev–Trinajstić information content (AvgIpc) is 2.05. The Balaban J connectivity index is 4.43. The van der Waals surface area contributed by atoms with Gasteiger partial charge in [-0.05, 0) is 0 Å². The second-order valence-corrected chi connectivity index (χ2v) is 1.53. The Kier molecular flexibility index (Phi) is 3.72. The molecule has 0 saturated heterocycles. The van der Waals surface area contributed by atoms with Crippen LogP contribution in [0.25, 0.3) is 0 Å². The van der Waals surface area contributed by atoms with E-state index in [1.807, 2.05) is 0 Å². The Hall–Kier alpha value is -1.52. The highest BCUT2D eigenvalue weighted by Crippen LogP contribution is 1.98. The van der Waals surface area contributed by atoms with Gasteiger partial charge >= 0.3 is 11.9 Å². The number of aliphatic hydroxyl groups is 1. The van der Waals surface area contributed by atoms with Crippen LogP contribution in [0.1, 0.15) is 0 Å². The summed E-state index contributed by atoms with van der Waals surface area (Å²) in [5.41, 5.74) is -0.532. The highest BCUT2D eigenvalue weighted by Gasteiger charge is 2.19. The first kappa shape index (κ1) is 9.48. The van der Waals surface area contributed by atoms with E-state index in [9.17, 15) is 9.59 Å². The number of carbonyl (C=O) groups is 2. The van der Waals surface area contributed by atoms with Gasteiger partial charge in [0.2, 0.25) is 0 Å². The molecule has 0 atom stereocenters. The van der Waals surface area contributed by atoms with Crippen LogP contribution in [0.15, 0.2) is 11.8 Å². The molecule has 0 aliphatic carbocycles. The lowest BCUT2D eigenvalue weighted by Crippen LogP contribution is -2.15. The summed E-state index contributed by atoms with van der Waals surface area (Å²) in [7, 11) is 2.18. The molecule has 0 unspecified atom stereocenters. The molecule has 0 aromatic carbocycles. The van der Waals surface area contributed by atoms with Gasteiger partial charge in [0.1, 0.15) is 6.26 Å². The fraction of sp³-hybridized carbons (Fsp3) is 0.333. The Morgan fingerprint density at radius 2 is 1.55 bits per heavy atom. The second kappa shape index (κ2) is 4.32. The molecule has 11 heavy (non-hydrogen) atoms. The number of rotatable bonds is 2. The van der Waals surface area contributed by atoms with Gasteiger partial charge in [-0.3, -0.25) is 0 Å². The van der Waals surface area contributed by atoms with E-state index in [0.29, 0.717) is 6.26 Å². The number of carbonyl (C=O) groups excluding carboxylic acids is 2. The van der Waals surface area contributed by atoms with Crippen LogP contribution in [0, 0.1) is 0 Å². The molecule has 1 N–H and O–H groups in total. The monoisotopic (exact) mass is 160 g/mol. The Bertz CT molecular complexity index is 175. The lowest BCUT2D eigenvalue weighted by atomic mass is 10.3. The van der Waals surface area contributed by atoms with Crippen LogP contribution in [0.4, 0.5) is 0 Å². The summed E-state index contributed by atoms with van der Waals surface area (Å²) in [5, 5.41) is 8.37. The van der Waals surface area contributed by atoms with Crippen molar-refractivity contribution < 1.29 is 24.2 Å². The van der Waals surface area contributed by atoms with Gasteiger partial charge in [-0.2, -0.15) is 0 Å². The molecule has 0 aliphatic heterocycles. The number of methoxy groups -OCH3 is 2. The molecule has 0 aromatic heterocycles. The Morgan fingerprint density at radius 1 is 1.18 bits per heavy atom. The van der Waals surface area contributed by atoms with Gasteiger partial charge in [-0.25, -0.2) is 9.59 Å². The molecule has 62 valence electrons. The summed E-state index contributed by atoms with van der Waals surface area (Å²) in [5.74, 6) is -1.86. The maximum atomic E-state index is 10.6. The minimum absolute atomic E-state index is 0.345. The van der Waals surface area contributed by atoms with Crippen molar-refractivity contribution in [1.29, 1.82) is 0 Å². The third-order valence-electron chi connectivity index (χ3n) is 0.940. The van der Waals surface area contributed by atoms with Crippen molar-refractivity contribution in [1.82, 2.24) is 0 Å². The largest absolute Gasteiger partial charge is 0.514 e. The maximum absolute atomic E-state index is 10.6. The fourth-order valence-corrected chi connectivity index (χ4v) is 0.409. The van der Waals surface area contributed by atoms with Crippen molar-refractivity contribution in [2.24, 2.45) is 0 Å². The molecule has 5 nitrogen and oxygen atoms in total. The number of hydrogen-bond acceptors (Lipinski definition) is 5. The minimum atomic E-state index is -0.931. The zero-order chi connectivity index (χ0) is 8.85. The van der Waals surface area contributed by atoms with E-state index in [4.69, 9.17) is 5.11 Å². The van der Waals surface area contributed by atoms with E-state index in [1.165, 1.54) is 0 Å². The molecule has 0 amide bonds. The lowest BCUT2D eigenvalue weighted by molar-refractivity contribution is -0.144. The summed E-state index contributed by atoms with van der Waals surface area (Å²) < 4.78 is 8.32. The fourth-order valence-electron chi connectivity index (χ4n) is 0.409. The molecular formula is C6H8O5. The van der Waals surface area contributed by atoms with Gasteiger partial charge in [0.25, 0.3) is 0 Å². The molecule has 0 aliphatic rings. The summed E-state index contributed by atoms with van der Waals surface area (Å²) >= 11 is 0. The second-order valence-electron chi connectivity index (χ2n) is 1.53. The minimum Gasteiger partial charge on any atom is -0.514 e. The van der Waals surface area contributed by atoms with Gasteiger partial charge in [0.15, 0.2) is 5.57 Å². The molecule has 0 fully saturated rings. The molecular weight excluding hydrogens is 152 g/mol. The van der Waals surface area contributed by atoms with E-state index >= 15 is 0 Å². The molecule has 0 bridgehead atoms. The van der Waals surface area contributed by atoms with Gasteiger partial charge in [-0.1, -0.05) is 0 Å². The number of aliphatic hydroxyl groups excluding tert-OH is 1. The van der Waals surface area contributed by atoms with Gasteiger partial charge in [0, 0.05) is 0 Å². The molecule has 5 heteroatoms. The van der Waals surface area contributed by atoms with E-state index in [0.717, 1.165) is 14.2 Å². The molecule has 0 rings (SSSR count). The third kappa shape index (κ3) is 2.29. The SMILES string of the molecule is COC(=O)C(=CO)C(=O)OC. The van der Waals surface area contributed by atoms with Crippen molar-refractivity contribution in [3.63, 3.8) is 0 Å². The van der Waals surface area contributed by atoms with Gasteiger partial charge in [-0.15, -0.1) is 0 Å². The first-order valence-corrected chi connectivity index (χ1v) is 2.68. The first-order chi connectivity index (χ1) is 5.17. The van der Waals surface area contributed by atoms with Crippen molar-refractivity contribution in [3.8, 4) is 0 Å². The maximum Gasteiger partial charge on any atom is 0.348 e. The predicted octanol–water partition coefficient (Wildman–Crippen LogP) is -0.226. The van der Waals surface area contributed by atoms with Crippen molar-refractivity contribution in [3.05, 3.63) is 11.8 Å². The molecule has 0 heterocycles. The van der Waals surface area contributed by atoms with Crippen molar-refractivity contribution in [2.45, 2.75) is 0 Å². The summed E-state index contributed by atoms with van der Waals surface area (Å²) in [4.78, 5) is 21.2. The summed E-state index contributed by atoms with van der Waals surface area (Å²) in [6.45, 7) is 0. The van der Waals surface area contributed by atoms with Crippen molar-refractivity contribution in [2.75, 3.05) is 14.2 Å². The van der Waals surface area contributed by atoms with Crippen LogP contribution in [-0.2, 0) is 19.1 Å². The normalized spacial score (nSPS) is 8.18. The number of hydrogen-bond donors (Lipinski definition) is 1. The van der Waals surface area contributed by atoms with Crippen LogP contribution >= 0.6 is 0 Å². The summed E-state index contributed by atoms with van der Waals surface area (Å²) in [6.07, 6.45) is 0.345. The van der Waals surface area contributed by atoms with Crippen LogP contribution in [0.5, 0.6) is 0 Å². The predicted molar refractivity (Wildman–Crippen MR) is 34.7 cm³/mol. The lowest BCUT2D eigenvalue weighted by Gasteiger charge is -1.99. The Morgan fingerprint density at radius 3 is 1.73 bits per heavy atom. The average molecular weight is 160 g/mol. The standard InChI is InChI=1S/C6H8O5/c1-10-5(8)4(3-7)6(9)11-2/h3,7H,1-2H3. The van der Waals surface area contributed by atoms with E-state index < -0.39 is 17.5 Å². The molecule has 0 aromatic rings. The van der Waals surface area contributed by atoms with Crippen LogP contribution in [0.2, 0.25) is 0 Å². The number of esters is 2. The zero-order valence-corrected chi connectivity index (χ0v) is 6.16. The molecule has 0 spiro atoms. The van der Waals surface area contributed by atoms with Gasteiger partial charge < -0.3 is 14.6 Å². The highest BCUT2D eigenvalue weighted by atomic mass is 16.5. The van der Waals surface area contributed by atoms with Crippen LogP contribution in [-0.4, -0.2) is 31.3 Å². The Labute approximate surface area is 63.2 Å². The van der Waals surface area contributed by atoms with Crippen LogP contribution in [0.3, 0.4) is 0 Å². The van der Waals surface area contributed by atoms with Crippen molar-refractivity contribution >= 4 is 11.9 Å². The zero-order valence-electron chi connectivity index (χ0n) is 6.16. The van der Waals surface area contributed by atoms with E-state index in [1.54, 1.807) is 0 Å². The van der Waals surface area contributed by atoms with E-state index in [2.05, 4.69) is 9.47 Å². The topological polar surface area (TPSA) is 72.8 Å². The smallest absolute Gasteiger partial charge is 0.348 e. The van der Waals surface area contributed by atoms with Crippen LogP contribution < -0.4 is 0 Å². The summed E-state index contributed by atoms with van der Waals surface area (Å²) in [6, 6.07) is 0. The third-order valence-corrected chi connectivity index (χ3v) is 0.940. The highest BCUT2D eigenvalue weighted by molar-refractivity contribution is 6.13. The first-order valence-electron chi connectivity index (χ1n) is 2.68. The quantitative estimate of drug-likeness (QED) is 0.199. The molecule has 0 saturated carbocycles. The molecule has 0 radical (unpaired) electrons. The number of ether oxygens (including phenoxy) is 2.